The third kappa shape index (κ3) is 4.71. The molecule has 0 saturated heterocycles. The summed E-state index contributed by atoms with van der Waals surface area (Å²) in [6, 6.07) is 14.9. The van der Waals surface area contributed by atoms with Crippen molar-refractivity contribution in [1.82, 2.24) is 9.97 Å². The predicted octanol–water partition coefficient (Wildman–Crippen LogP) is 2.86. The predicted molar refractivity (Wildman–Crippen MR) is 120 cm³/mol. The summed E-state index contributed by atoms with van der Waals surface area (Å²) in [6.07, 6.45) is 1.62. The lowest BCUT2D eigenvalue weighted by Gasteiger charge is -2.08. The Hall–Kier alpha value is -4.31. The number of nitrogens with one attached hydrogen (secondary N) is 1. The van der Waals surface area contributed by atoms with E-state index in [1.54, 1.807) is 48.5 Å². The van der Waals surface area contributed by atoms with E-state index >= 15 is 0 Å². The molecule has 0 atom stereocenters. The van der Waals surface area contributed by atoms with Gasteiger partial charge in [0.05, 0.1) is 16.6 Å². The van der Waals surface area contributed by atoms with E-state index in [4.69, 9.17) is 16.2 Å². The van der Waals surface area contributed by atoms with Gasteiger partial charge < -0.3 is 21.5 Å². The minimum absolute atomic E-state index is 0.112. The van der Waals surface area contributed by atoms with Gasteiger partial charge in [-0.15, -0.1) is 0 Å². The van der Waals surface area contributed by atoms with Crippen LogP contribution in [0, 0.1) is 0 Å². The summed E-state index contributed by atoms with van der Waals surface area (Å²) in [5.74, 6) is -0.838. The number of hydrogen-bond donors (Lipinski definition) is 3. The number of anilines is 1. The van der Waals surface area contributed by atoms with Crippen LogP contribution in [0.25, 0.3) is 10.2 Å². The van der Waals surface area contributed by atoms with Gasteiger partial charge in [0.2, 0.25) is 17.7 Å². The van der Waals surface area contributed by atoms with Crippen molar-refractivity contribution in [3.63, 3.8) is 0 Å². The molecule has 0 aliphatic carbocycles. The second kappa shape index (κ2) is 8.82. The zero-order valence-corrected chi connectivity index (χ0v) is 17.4. The molecule has 2 heterocycles. The lowest BCUT2D eigenvalue weighted by molar-refractivity contribution is -0.115. The first-order chi connectivity index (χ1) is 15.4. The van der Waals surface area contributed by atoms with Crippen LogP contribution in [0.4, 0.5) is 5.13 Å². The Morgan fingerprint density at radius 3 is 2.50 bits per heavy atom. The summed E-state index contributed by atoms with van der Waals surface area (Å²) < 4.78 is 6.39. The number of thiazole rings is 1. The molecule has 4 rings (SSSR count). The summed E-state index contributed by atoms with van der Waals surface area (Å²) in [6.45, 7) is 0. The van der Waals surface area contributed by atoms with E-state index in [-0.39, 0.29) is 23.8 Å². The number of hydrogen-bond acceptors (Lipinski definition) is 7. The van der Waals surface area contributed by atoms with Gasteiger partial charge in [-0.1, -0.05) is 23.5 Å². The molecule has 0 saturated carbocycles. The molecule has 9 nitrogen and oxygen atoms in total. The van der Waals surface area contributed by atoms with Crippen LogP contribution in [0.5, 0.6) is 11.6 Å². The Bertz CT molecular complexity index is 1330. The summed E-state index contributed by atoms with van der Waals surface area (Å²) in [4.78, 5) is 43.6. The van der Waals surface area contributed by atoms with Crippen LogP contribution in [-0.4, -0.2) is 27.7 Å². The molecule has 32 heavy (non-hydrogen) atoms. The number of fused-ring (bicyclic) bond motifs is 1. The lowest BCUT2D eigenvalue weighted by Crippen LogP contribution is -2.14. The van der Waals surface area contributed by atoms with Crippen LogP contribution in [-0.2, 0) is 11.2 Å². The van der Waals surface area contributed by atoms with Crippen LogP contribution < -0.4 is 21.5 Å². The van der Waals surface area contributed by atoms with E-state index in [0.717, 1.165) is 10.3 Å². The monoisotopic (exact) mass is 447 g/mol. The maximum atomic E-state index is 12.4. The molecule has 160 valence electrons. The molecule has 3 amide bonds. The minimum atomic E-state index is -0.637. The van der Waals surface area contributed by atoms with Crippen LogP contribution in [0.15, 0.2) is 60.8 Å². The topological polar surface area (TPSA) is 150 Å². The van der Waals surface area contributed by atoms with Gasteiger partial charge >= 0.3 is 0 Å². The summed E-state index contributed by atoms with van der Waals surface area (Å²) in [5, 5.41) is 3.19. The molecule has 0 fully saturated rings. The highest BCUT2D eigenvalue weighted by Crippen LogP contribution is 2.27. The third-order valence-electron chi connectivity index (χ3n) is 4.46. The maximum absolute atomic E-state index is 12.4. The fourth-order valence-corrected chi connectivity index (χ4v) is 3.85. The van der Waals surface area contributed by atoms with E-state index < -0.39 is 11.8 Å². The first-order valence-electron chi connectivity index (χ1n) is 9.41. The summed E-state index contributed by atoms with van der Waals surface area (Å²) >= 11 is 1.26. The molecule has 0 radical (unpaired) electrons. The molecule has 2 aromatic carbocycles. The number of ether oxygens (including phenoxy) is 1. The Morgan fingerprint density at radius 2 is 1.78 bits per heavy atom. The first kappa shape index (κ1) is 20.9. The van der Waals surface area contributed by atoms with Crippen molar-refractivity contribution in [3.05, 3.63) is 77.5 Å². The smallest absolute Gasteiger partial charge is 0.254 e. The van der Waals surface area contributed by atoms with E-state index in [1.807, 2.05) is 0 Å². The van der Waals surface area contributed by atoms with Crippen molar-refractivity contribution in [2.45, 2.75) is 6.42 Å². The van der Waals surface area contributed by atoms with Gasteiger partial charge in [0.15, 0.2) is 5.13 Å². The van der Waals surface area contributed by atoms with E-state index in [1.165, 1.54) is 23.6 Å². The number of pyridine rings is 1. The number of carbonyl (C=O) groups is 3. The Labute approximate surface area is 186 Å². The molecule has 2 aromatic heterocycles. The average molecular weight is 447 g/mol. The quantitative estimate of drug-likeness (QED) is 0.396. The molecule has 0 unspecified atom stereocenters. The van der Waals surface area contributed by atoms with Crippen LogP contribution in [0.3, 0.4) is 0 Å². The number of rotatable bonds is 7. The van der Waals surface area contributed by atoms with Crippen molar-refractivity contribution in [3.8, 4) is 11.6 Å². The second-order valence-corrected chi connectivity index (χ2v) is 7.79. The highest BCUT2D eigenvalue weighted by atomic mass is 32.1. The normalized spacial score (nSPS) is 10.6. The third-order valence-corrected chi connectivity index (χ3v) is 5.39. The molecule has 0 bridgehead atoms. The van der Waals surface area contributed by atoms with E-state index in [0.29, 0.717) is 22.0 Å². The summed E-state index contributed by atoms with van der Waals surface area (Å²) in [5.41, 5.74) is 12.6. The van der Waals surface area contributed by atoms with E-state index in [2.05, 4.69) is 15.3 Å². The number of amides is 3. The molecule has 5 N–H and O–H groups in total. The molecule has 4 aromatic rings. The number of nitrogens with two attached hydrogens (primary N) is 2. The molecule has 0 aliphatic rings. The minimum Gasteiger partial charge on any atom is -0.438 e. The van der Waals surface area contributed by atoms with Crippen molar-refractivity contribution >= 4 is 44.4 Å². The molecule has 10 heteroatoms. The van der Waals surface area contributed by atoms with Crippen LogP contribution >= 0.6 is 11.3 Å². The Kier molecular flexibility index (Phi) is 5.77. The van der Waals surface area contributed by atoms with Crippen LogP contribution in [0.2, 0.25) is 0 Å². The standard InChI is InChI=1S/C22H17N5O4S/c23-19(29)13-5-8-16-17(11-13)32-22(26-16)27-18(28)10-12-3-6-14(7-4-12)31-21-15(20(24)30)2-1-9-25-21/h1-9,11H,10H2,(H2,23,29)(H2,24,30)(H,26,27,28). The van der Waals surface area contributed by atoms with Gasteiger partial charge in [0.1, 0.15) is 11.3 Å². The van der Waals surface area contributed by atoms with Gasteiger partial charge in [0, 0.05) is 11.8 Å². The maximum Gasteiger partial charge on any atom is 0.254 e. The zero-order chi connectivity index (χ0) is 22.7. The summed E-state index contributed by atoms with van der Waals surface area (Å²) in [7, 11) is 0. The largest absolute Gasteiger partial charge is 0.438 e. The van der Waals surface area contributed by atoms with Crippen molar-refractivity contribution in [1.29, 1.82) is 0 Å². The van der Waals surface area contributed by atoms with Gasteiger partial charge in [-0.2, -0.15) is 0 Å². The number of nitrogens with zero attached hydrogens (tertiary/aromatic N) is 2. The average Bonchev–Trinajstić information content (AvgIpc) is 3.16. The SMILES string of the molecule is NC(=O)c1ccc2nc(NC(=O)Cc3ccc(Oc4ncccc4C(N)=O)cc3)sc2c1. The Morgan fingerprint density at radius 1 is 1.00 bits per heavy atom. The lowest BCUT2D eigenvalue weighted by atomic mass is 10.1. The van der Waals surface area contributed by atoms with Gasteiger partial charge in [0.25, 0.3) is 5.91 Å². The molecule has 0 aliphatic heterocycles. The fourth-order valence-electron chi connectivity index (χ4n) is 2.93. The molecule has 0 spiro atoms. The van der Waals surface area contributed by atoms with Crippen molar-refractivity contribution in [2.75, 3.05) is 5.32 Å². The number of carbonyl (C=O) groups excluding carboxylic acids is 3. The second-order valence-electron chi connectivity index (χ2n) is 6.76. The highest BCUT2D eigenvalue weighted by molar-refractivity contribution is 7.22. The van der Waals surface area contributed by atoms with Gasteiger partial charge in [-0.3, -0.25) is 14.4 Å². The number of aromatic nitrogens is 2. The Balaban J connectivity index is 1.40. The number of benzene rings is 2. The van der Waals surface area contributed by atoms with Gasteiger partial charge in [-0.25, -0.2) is 9.97 Å². The fraction of sp³-hybridized carbons (Fsp3) is 0.0455. The highest BCUT2D eigenvalue weighted by Gasteiger charge is 2.13. The van der Waals surface area contributed by atoms with E-state index in [9.17, 15) is 14.4 Å². The van der Waals surface area contributed by atoms with Gasteiger partial charge in [-0.05, 0) is 48.0 Å². The molecular weight excluding hydrogens is 430 g/mol. The number of primary amides is 2. The molecular formula is C22H17N5O4S. The zero-order valence-electron chi connectivity index (χ0n) is 16.6. The van der Waals surface area contributed by atoms with Crippen molar-refractivity contribution < 1.29 is 19.1 Å². The van der Waals surface area contributed by atoms with Crippen LogP contribution in [0.1, 0.15) is 26.3 Å². The first-order valence-corrected chi connectivity index (χ1v) is 10.2. The van der Waals surface area contributed by atoms with Crippen molar-refractivity contribution in [2.24, 2.45) is 11.5 Å².